The standard InChI is InChI=1S/C14H10Cl2N4O/c15-10-6-7-12(16)13(8-10)21-9-14-17-18-19-20(14)11-4-2-1-3-5-11/h1-8H,9H2. The fourth-order valence-corrected chi connectivity index (χ4v) is 2.13. The number of hydrogen-bond donors (Lipinski definition) is 0. The fraction of sp³-hybridized carbons (Fsp3) is 0.0714. The van der Waals surface area contributed by atoms with Gasteiger partial charge in [0, 0.05) is 11.1 Å². The highest BCUT2D eigenvalue weighted by molar-refractivity contribution is 6.34. The van der Waals surface area contributed by atoms with E-state index in [1.54, 1.807) is 22.9 Å². The summed E-state index contributed by atoms with van der Waals surface area (Å²) in [6, 6.07) is 14.6. The van der Waals surface area contributed by atoms with Crippen LogP contribution in [0.15, 0.2) is 48.5 Å². The molecule has 0 radical (unpaired) electrons. The number of hydrogen-bond acceptors (Lipinski definition) is 4. The van der Waals surface area contributed by atoms with Gasteiger partial charge in [0.05, 0.1) is 10.7 Å². The van der Waals surface area contributed by atoms with Gasteiger partial charge in [0.25, 0.3) is 0 Å². The Labute approximate surface area is 131 Å². The molecule has 0 aliphatic rings. The molecular weight excluding hydrogens is 311 g/mol. The van der Waals surface area contributed by atoms with E-state index in [2.05, 4.69) is 15.5 Å². The van der Waals surface area contributed by atoms with Crippen molar-refractivity contribution < 1.29 is 4.74 Å². The Morgan fingerprint density at radius 2 is 1.86 bits per heavy atom. The van der Waals surface area contributed by atoms with Crippen LogP contribution in [0, 0.1) is 0 Å². The van der Waals surface area contributed by atoms with Gasteiger partial charge in [-0.3, -0.25) is 0 Å². The van der Waals surface area contributed by atoms with E-state index in [1.807, 2.05) is 30.3 Å². The number of ether oxygens (including phenoxy) is 1. The quantitative estimate of drug-likeness (QED) is 0.737. The number of para-hydroxylation sites is 1. The first-order chi connectivity index (χ1) is 10.2. The van der Waals surface area contributed by atoms with Crippen LogP contribution in [0.5, 0.6) is 5.75 Å². The maximum absolute atomic E-state index is 6.05. The van der Waals surface area contributed by atoms with E-state index in [4.69, 9.17) is 27.9 Å². The van der Waals surface area contributed by atoms with Crippen molar-refractivity contribution in [3.8, 4) is 11.4 Å². The summed E-state index contributed by atoms with van der Waals surface area (Å²) in [5.41, 5.74) is 0.860. The Morgan fingerprint density at radius 3 is 2.67 bits per heavy atom. The molecule has 0 saturated heterocycles. The Bertz CT molecular complexity index is 746. The molecule has 1 aromatic heterocycles. The molecule has 2 aromatic carbocycles. The second kappa shape index (κ2) is 6.11. The average molecular weight is 321 g/mol. The molecule has 0 amide bonds. The van der Waals surface area contributed by atoms with Gasteiger partial charge in [-0.05, 0) is 34.7 Å². The van der Waals surface area contributed by atoms with Crippen molar-refractivity contribution in [2.45, 2.75) is 6.61 Å². The topological polar surface area (TPSA) is 52.8 Å². The molecule has 5 nitrogen and oxygen atoms in total. The predicted octanol–water partition coefficient (Wildman–Crippen LogP) is 3.55. The maximum atomic E-state index is 6.05. The fourth-order valence-electron chi connectivity index (χ4n) is 1.80. The molecule has 0 N–H and O–H groups in total. The minimum Gasteiger partial charge on any atom is -0.484 e. The van der Waals surface area contributed by atoms with Crippen LogP contribution >= 0.6 is 23.2 Å². The molecule has 0 aliphatic heterocycles. The first-order valence-electron chi connectivity index (χ1n) is 6.14. The summed E-state index contributed by atoms with van der Waals surface area (Å²) in [6.45, 7) is 0.182. The first-order valence-corrected chi connectivity index (χ1v) is 6.90. The molecule has 0 saturated carbocycles. The lowest BCUT2D eigenvalue weighted by atomic mass is 10.3. The largest absolute Gasteiger partial charge is 0.484 e. The van der Waals surface area contributed by atoms with E-state index in [0.29, 0.717) is 21.6 Å². The highest BCUT2D eigenvalue weighted by Crippen LogP contribution is 2.28. The van der Waals surface area contributed by atoms with Crippen molar-refractivity contribution in [2.75, 3.05) is 0 Å². The summed E-state index contributed by atoms with van der Waals surface area (Å²) in [6.07, 6.45) is 0. The molecule has 7 heteroatoms. The normalized spacial score (nSPS) is 10.6. The summed E-state index contributed by atoms with van der Waals surface area (Å²) >= 11 is 12.0. The Hall–Kier alpha value is -2.11. The minimum absolute atomic E-state index is 0.182. The van der Waals surface area contributed by atoms with Gasteiger partial charge >= 0.3 is 0 Å². The van der Waals surface area contributed by atoms with Crippen molar-refractivity contribution in [3.63, 3.8) is 0 Å². The van der Waals surface area contributed by atoms with Crippen LogP contribution in [0.3, 0.4) is 0 Å². The van der Waals surface area contributed by atoms with Gasteiger partial charge in [0.2, 0.25) is 0 Å². The molecule has 0 atom stereocenters. The summed E-state index contributed by atoms with van der Waals surface area (Å²) < 4.78 is 7.25. The second-order valence-electron chi connectivity index (χ2n) is 4.21. The maximum Gasteiger partial charge on any atom is 0.194 e. The van der Waals surface area contributed by atoms with Gasteiger partial charge < -0.3 is 4.74 Å². The lowest BCUT2D eigenvalue weighted by molar-refractivity contribution is 0.292. The molecule has 0 fully saturated rings. The first kappa shape index (κ1) is 13.9. The van der Waals surface area contributed by atoms with Crippen LogP contribution in [0.25, 0.3) is 5.69 Å². The third-order valence-electron chi connectivity index (χ3n) is 2.78. The van der Waals surface area contributed by atoms with E-state index in [9.17, 15) is 0 Å². The zero-order valence-electron chi connectivity index (χ0n) is 10.8. The summed E-state index contributed by atoms with van der Waals surface area (Å²) in [4.78, 5) is 0. The van der Waals surface area contributed by atoms with Gasteiger partial charge in [-0.15, -0.1) is 5.10 Å². The molecule has 106 valence electrons. The zero-order chi connectivity index (χ0) is 14.7. The lowest BCUT2D eigenvalue weighted by Crippen LogP contribution is -2.07. The van der Waals surface area contributed by atoms with Crippen LogP contribution in [0.1, 0.15) is 5.82 Å². The number of tetrazole rings is 1. The summed E-state index contributed by atoms with van der Waals surface area (Å²) in [5, 5.41) is 12.6. The van der Waals surface area contributed by atoms with Crippen LogP contribution in [-0.4, -0.2) is 20.2 Å². The van der Waals surface area contributed by atoms with Gasteiger partial charge in [-0.2, -0.15) is 4.68 Å². The van der Waals surface area contributed by atoms with Crippen molar-refractivity contribution >= 4 is 23.2 Å². The zero-order valence-corrected chi connectivity index (χ0v) is 12.3. The second-order valence-corrected chi connectivity index (χ2v) is 5.05. The Kier molecular flexibility index (Phi) is 4.03. The number of aromatic nitrogens is 4. The summed E-state index contributed by atoms with van der Waals surface area (Å²) in [7, 11) is 0. The van der Waals surface area contributed by atoms with Gasteiger partial charge in [0.1, 0.15) is 12.4 Å². The molecule has 3 rings (SSSR count). The Morgan fingerprint density at radius 1 is 1.05 bits per heavy atom. The van der Waals surface area contributed by atoms with Gasteiger partial charge in [0.15, 0.2) is 5.82 Å². The molecule has 1 heterocycles. The highest BCUT2D eigenvalue weighted by atomic mass is 35.5. The monoisotopic (exact) mass is 320 g/mol. The highest BCUT2D eigenvalue weighted by Gasteiger charge is 2.10. The average Bonchev–Trinajstić information content (AvgIpc) is 2.97. The smallest absolute Gasteiger partial charge is 0.194 e. The SMILES string of the molecule is Clc1ccc(Cl)c(OCc2nnnn2-c2ccccc2)c1. The molecule has 3 aromatic rings. The number of halogens is 2. The van der Waals surface area contributed by atoms with Gasteiger partial charge in [-0.25, -0.2) is 0 Å². The van der Waals surface area contributed by atoms with E-state index >= 15 is 0 Å². The van der Waals surface area contributed by atoms with E-state index in [0.717, 1.165) is 5.69 Å². The van der Waals surface area contributed by atoms with Gasteiger partial charge in [-0.1, -0.05) is 41.4 Å². The minimum atomic E-state index is 0.182. The lowest BCUT2D eigenvalue weighted by Gasteiger charge is -2.08. The predicted molar refractivity (Wildman–Crippen MR) is 79.9 cm³/mol. The molecular formula is C14H10Cl2N4O. The van der Waals surface area contributed by atoms with Crippen molar-refractivity contribution in [2.24, 2.45) is 0 Å². The van der Waals surface area contributed by atoms with E-state index in [-0.39, 0.29) is 6.61 Å². The molecule has 0 unspecified atom stereocenters. The van der Waals surface area contributed by atoms with Crippen LogP contribution in [0.4, 0.5) is 0 Å². The van der Waals surface area contributed by atoms with Crippen LogP contribution in [0.2, 0.25) is 10.0 Å². The van der Waals surface area contributed by atoms with Crippen LogP contribution < -0.4 is 4.74 Å². The van der Waals surface area contributed by atoms with Crippen molar-refractivity contribution in [1.29, 1.82) is 0 Å². The number of benzene rings is 2. The van der Waals surface area contributed by atoms with Crippen molar-refractivity contribution in [3.05, 3.63) is 64.4 Å². The van der Waals surface area contributed by atoms with E-state index in [1.165, 1.54) is 0 Å². The van der Waals surface area contributed by atoms with E-state index < -0.39 is 0 Å². The van der Waals surface area contributed by atoms with Crippen LogP contribution in [-0.2, 0) is 6.61 Å². The van der Waals surface area contributed by atoms with Crippen molar-refractivity contribution in [1.82, 2.24) is 20.2 Å². The Balaban J connectivity index is 1.81. The molecule has 0 spiro atoms. The third-order valence-corrected chi connectivity index (χ3v) is 3.33. The molecule has 0 aliphatic carbocycles. The number of rotatable bonds is 4. The number of nitrogens with zero attached hydrogens (tertiary/aromatic N) is 4. The summed E-state index contributed by atoms with van der Waals surface area (Å²) in [5.74, 6) is 1.06. The molecule has 21 heavy (non-hydrogen) atoms. The molecule has 0 bridgehead atoms. The third kappa shape index (κ3) is 3.15.